The van der Waals surface area contributed by atoms with E-state index in [0.717, 1.165) is 18.3 Å². The second kappa shape index (κ2) is 15.8. The summed E-state index contributed by atoms with van der Waals surface area (Å²) in [5.41, 5.74) is -0.508. The van der Waals surface area contributed by atoms with E-state index in [1.54, 1.807) is 14.7 Å². The lowest BCUT2D eigenvalue weighted by Gasteiger charge is -2.38. The Morgan fingerprint density at radius 3 is 2.15 bits per heavy atom. The Bertz CT molecular complexity index is 1840. The molecule has 0 saturated carbocycles. The summed E-state index contributed by atoms with van der Waals surface area (Å²) in [5.74, 6) is -5.37. The Hall–Kier alpha value is -4.90. The molecule has 0 radical (unpaired) electrons. The molecule has 0 unspecified atom stereocenters. The zero-order chi connectivity index (χ0) is 37.9. The Kier molecular flexibility index (Phi) is 11.6. The molecule has 4 amide bonds. The van der Waals surface area contributed by atoms with E-state index in [2.05, 4.69) is 15.0 Å². The van der Waals surface area contributed by atoms with E-state index in [1.807, 2.05) is 25.7 Å². The predicted octanol–water partition coefficient (Wildman–Crippen LogP) is 4.71. The summed E-state index contributed by atoms with van der Waals surface area (Å²) in [5, 5.41) is 2.66. The first-order valence-corrected chi connectivity index (χ1v) is 16.7. The topological polar surface area (TPSA) is 130 Å². The summed E-state index contributed by atoms with van der Waals surface area (Å²) in [6.07, 6.45) is 0.752. The van der Waals surface area contributed by atoms with Gasteiger partial charge in [0.1, 0.15) is 5.60 Å². The highest BCUT2D eigenvalue weighted by molar-refractivity contribution is 6.34. The minimum absolute atomic E-state index is 0.0101. The average molecular weight is 752 g/mol. The number of anilines is 1. The van der Waals surface area contributed by atoms with Gasteiger partial charge in [0.25, 0.3) is 11.8 Å². The van der Waals surface area contributed by atoms with Crippen LogP contribution < -0.4 is 10.1 Å². The maximum atomic E-state index is 14.7. The number of alkyl halides is 2. The molecular formula is C34H38ClF4N7O6. The summed E-state index contributed by atoms with van der Waals surface area (Å²) in [4.78, 5) is 62.6. The van der Waals surface area contributed by atoms with Crippen LogP contribution in [0.5, 0.6) is 5.75 Å². The highest BCUT2D eigenvalue weighted by Gasteiger charge is 2.30. The third-order valence-electron chi connectivity index (χ3n) is 8.49. The zero-order valence-corrected chi connectivity index (χ0v) is 29.7. The molecule has 1 N–H and O–H groups in total. The third-order valence-corrected chi connectivity index (χ3v) is 8.80. The van der Waals surface area contributed by atoms with Crippen LogP contribution in [-0.4, -0.2) is 124 Å². The van der Waals surface area contributed by atoms with Crippen molar-refractivity contribution in [1.82, 2.24) is 29.2 Å². The third kappa shape index (κ3) is 8.93. The lowest BCUT2D eigenvalue weighted by Crippen LogP contribution is -2.55. The van der Waals surface area contributed by atoms with Crippen molar-refractivity contribution < 1.29 is 46.2 Å². The predicted molar refractivity (Wildman–Crippen MR) is 181 cm³/mol. The van der Waals surface area contributed by atoms with E-state index in [9.17, 15) is 36.7 Å². The number of aromatic nitrogens is 2. The number of carbonyl (C=O) groups is 4. The summed E-state index contributed by atoms with van der Waals surface area (Å²) in [6.45, 7) is 5.55. The summed E-state index contributed by atoms with van der Waals surface area (Å²) in [6, 6.07) is 6.19. The van der Waals surface area contributed by atoms with Gasteiger partial charge >= 0.3 is 12.7 Å². The van der Waals surface area contributed by atoms with Crippen molar-refractivity contribution in [3.05, 3.63) is 64.6 Å². The lowest BCUT2D eigenvalue weighted by atomic mass is 10.1. The number of benzene rings is 2. The lowest BCUT2D eigenvalue weighted by molar-refractivity contribution is -0.134. The Morgan fingerprint density at radius 2 is 1.54 bits per heavy atom. The molecule has 2 aliphatic heterocycles. The number of imidazole rings is 1. The van der Waals surface area contributed by atoms with Gasteiger partial charge < -0.3 is 34.1 Å². The van der Waals surface area contributed by atoms with Crippen molar-refractivity contribution in [2.45, 2.75) is 33.0 Å². The van der Waals surface area contributed by atoms with E-state index in [1.165, 1.54) is 29.8 Å². The van der Waals surface area contributed by atoms with Crippen molar-refractivity contribution >= 4 is 41.1 Å². The standard InChI is InChI=1S/C34H38ClF4N7O6/c1-34(2,3)52-33(50)46-11-9-43(10-12-46)19-26(47)44-13-15-45(16-14-44)31(49)21-6-5-20(17-23(21)35)41-30(48)29-40-18-24(42(29)4)22-7-8-25(51-32(38)39)28(37)27(22)36/h5-8,17-18,32H,9-16,19H2,1-4H3,(H,41,48). The van der Waals surface area contributed by atoms with Crippen LogP contribution in [0, 0.1) is 11.6 Å². The largest absolute Gasteiger partial charge is 0.444 e. The molecule has 2 aromatic carbocycles. The van der Waals surface area contributed by atoms with Crippen molar-refractivity contribution in [2.24, 2.45) is 7.05 Å². The van der Waals surface area contributed by atoms with Crippen molar-refractivity contribution in [3.8, 4) is 17.0 Å². The molecule has 3 aromatic rings. The molecule has 52 heavy (non-hydrogen) atoms. The molecule has 1 aromatic heterocycles. The second-order valence-electron chi connectivity index (χ2n) is 13.2. The Balaban J connectivity index is 1.12. The fourth-order valence-electron chi connectivity index (χ4n) is 5.78. The summed E-state index contributed by atoms with van der Waals surface area (Å²) in [7, 11) is 1.38. The monoisotopic (exact) mass is 751 g/mol. The highest BCUT2D eigenvalue weighted by Crippen LogP contribution is 2.31. The molecule has 280 valence electrons. The average Bonchev–Trinajstić information content (AvgIpc) is 3.47. The summed E-state index contributed by atoms with van der Waals surface area (Å²) >= 11 is 6.46. The molecule has 18 heteroatoms. The van der Waals surface area contributed by atoms with Crippen LogP contribution in [0.1, 0.15) is 41.7 Å². The molecule has 0 spiro atoms. The van der Waals surface area contributed by atoms with Crippen LogP contribution in [0.15, 0.2) is 36.5 Å². The smallest absolute Gasteiger partial charge is 0.410 e. The number of nitrogens with one attached hydrogen (secondary N) is 1. The molecule has 13 nitrogen and oxygen atoms in total. The minimum atomic E-state index is -3.35. The zero-order valence-electron chi connectivity index (χ0n) is 28.9. The number of hydrogen-bond acceptors (Lipinski definition) is 8. The molecule has 0 aliphatic carbocycles. The van der Waals surface area contributed by atoms with Gasteiger partial charge in [-0.25, -0.2) is 14.2 Å². The normalized spacial score (nSPS) is 15.5. The number of nitrogens with zero attached hydrogens (tertiary/aromatic N) is 6. The highest BCUT2D eigenvalue weighted by atomic mass is 35.5. The maximum Gasteiger partial charge on any atom is 0.410 e. The molecule has 2 aliphatic rings. The van der Waals surface area contributed by atoms with E-state index in [4.69, 9.17) is 16.3 Å². The van der Waals surface area contributed by atoms with Gasteiger partial charge in [0, 0.05) is 70.7 Å². The van der Waals surface area contributed by atoms with E-state index in [-0.39, 0.29) is 57.8 Å². The number of piperazine rings is 2. The number of amides is 4. The molecular weight excluding hydrogens is 714 g/mol. The van der Waals surface area contributed by atoms with Gasteiger partial charge in [0.15, 0.2) is 17.4 Å². The van der Waals surface area contributed by atoms with Crippen molar-refractivity contribution in [1.29, 1.82) is 0 Å². The van der Waals surface area contributed by atoms with Gasteiger partial charge in [-0.2, -0.15) is 13.2 Å². The quantitative estimate of drug-likeness (QED) is 0.328. The van der Waals surface area contributed by atoms with Gasteiger partial charge in [-0.1, -0.05) is 11.6 Å². The molecule has 3 heterocycles. The van der Waals surface area contributed by atoms with Crippen molar-refractivity contribution in [2.75, 3.05) is 64.2 Å². The molecule has 0 bridgehead atoms. The van der Waals surface area contributed by atoms with Gasteiger partial charge in [-0.05, 0) is 51.1 Å². The Labute approximate surface area is 302 Å². The minimum Gasteiger partial charge on any atom is -0.444 e. The van der Waals surface area contributed by atoms with E-state index < -0.39 is 35.5 Å². The van der Waals surface area contributed by atoms with Gasteiger partial charge in [0.2, 0.25) is 11.7 Å². The van der Waals surface area contributed by atoms with Gasteiger partial charge in [0.05, 0.1) is 29.0 Å². The van der Waals surface area contributed by atoms with E-state index in [0.29, 0.717) is 52.4 Å². The maximum absolute atomic E-state index is 14.7. The first-order chi connectivity index (χ1) is 24.5. The van der Waals surface area contributed by atoms with Crippen LogP contribution in [0.4, 0.5) is 28.0 Å². The first-order valence-electron chi connectivity index (χ1n) is 16.4. The van der Waals surface area contributed by atoms with Gasteiger partial charge in [-0.3, -0.25) is 19.3 Å². The molecule has 5 rings (SSSR count). The molecule has 2 saturated heterocycles. The number of carbonyl (C=O) groups excluding carboxylic acids is 4. The fraction of sp³-hybridized carbons (Fsp3) is 0.441. The van der Waals surface area contributed by atoms with E-state index >= 15 is 0 Å². The SMILES string of the molecule is Cn1c(-c2ccc(OC(F)F)c(F)c2F)cnc1C(=O)Nc1ccc(C(=O)N2CCN(C(=O)CN3CCN(C(=O)OC(C)(C)C)CC3)CC2)c(Cl)c1. The summed E-state index contributed by atoms with van der Waals surface area (Å²) < 4.78 is 64.6. The fourth-order valence-corrected chi connectivity index (χ4v) is 6.04. The molecule has 0 atom stereocenters. The van der Waals surface area contributed by atoms with Crippen LogP contribution in [0.25, 0.3) is 11.3 Å². The second-order valence-corrected chi connectivity index (χ2v) is 13.6. The van der Waals surface area contributed by atoms with Crippen LogP contribution >= 0.6 is 11.6 Å². The molecule has 2 fully saturated rings. The first kappa shape index (κ1) is 38.3. The van der Waals surface area contributed by atoms with Crippen molar-refractivity contribution in [3.63, 3.8) is 0 Å². The number of hydrogen-bond donors (Lipinski definition) is 1. The Morgan fingerprint density at radius 1 is 0.904 bits per heavy atom. The van der Waals surface area contributed by atoms with Gasteiger partial charge in [-0.15, -0.1) is 0 Å². The number of ether oxygens (including phenoxy) is 2. The van der Waals surface area contributed by atoms with Crippen LogP contribution in [-0.2, 0) is 16.6 Å². The van der Waals surface area contributed by atoms with Crippen LogP contribution in [0.3, 0.4) is 0 Å². The van der Waals surface area contributed by atoms with Crippen LogP contribution in [0.2, 0.25) is 5.02 Å². The number of halogens is 5. The number of rotatable bonds is 8.